The number of nitrogens with zero attached hydrogens (tertiary/aromatic N) is 1. The zero-order valence-corrected chi connectivity index (χ0v) is 12.6. The average Bonchev–Trinajstić information content (AvgIpc) is 2.40. The topological polar surface area (TPSA) is 32.6 Å². The second-order valence-corrected chi connectivity index (χ2v) is 5.63. The molecular weight excluding hydrogens is 302 g/mol. The van der Waals surface area contributed by atoms with E-state index in [1.165, 1.54) is 5.56 Å². The highest BCUT2D eigenvalue weighted by Gasteiger charge is 2.01. The molecule has 2 rings (SSSR count). The molecule has 0 aliphatic rings. The second-order valence-electron chi connectivity index (χ2n) is 4.71. The summed E-state index contributed by atoms with van der Waals surface area (Å²) in [5, 5.41) is 9.74. The summed E-state index contributed by atoms with van der Waals surface area (Å²) in [6, 6.07) is 13.4. The smallest absolute Gasteiger partial charge is 0.124 e. The molecule has 2 nitrogen and oxygen atoms in total. The Labute approximate surface area is 122 Å². The Hall–Kier alpha value is -1.61. The van der Waals surface area contributed by atoms with Crippen LogP contribution in [0.2, 0.25) is 0 Å². The molecule has 0 aliphatic heterocycles. The predicted molar refractivity (Wildman–Crippen MR) is 83.6 cm³/mol. The zero-order valence-electron chi connectivity index (χ0n) is 11.0. The molecule has 0 heterocycles. The van der Waals surface area contributed by atoms with E-state index < -0.39 is 0 Å². The Balaban J connectivity index is 2.27. The van der Waals surface area contributed by atoms with Crippen LogP contribution in [0.1, 0.15) is 30.9 Å². The minimum atomic E-state index is 0.229. The Kier molecular flexibility index (Phi) is 4.38. The van der Waals surface area contributed by atoms with Gasteiger partial charge in [-0.3, -0.25) is 4.99 Å². The molecule has 0 unspecified atom stereocenters. The van der Waals surface area contributed by atoms with Gasteiger partial charge in [0.25, 0.3) is 0 Å². The first-order valence-corrected chi connectivity index (χ1v) is 6.98. The molecule has 0 fully saturated rings. The molecule has 0 saturated carbocycles. The van der Waals surface area contributed by atoms with Gasteiger partial charge in [0.05, 0.1) is 5.69 Å². The SMILES string of the molecule is CC(C)c1cccc(N=Cc2cc(Br)ccc2O)c1. The summed E-state index contributed by atoms with van der Waals surface area (Å²) in [6.45, 7) is 4.31. The molecule has 0 saturated heterocycles. The van der Waals surface area contributed by atoms with Crippen molar-refractivity contribution in [3.05, 3.63) is 58.1 Å². The van der Waals surface area contributed by atoms with E-state index in [1.54, 1.807) is 18.3 Å². The van der Waals surface area contributed by atoms with Crippen LogP contribution in [0.4, 0.5) is 5.69 Å². The van der Waals surface area contributed by atoms with Gasteiger partial charge >= 0.3 is 0 Å². The summed E-state index contributed by atoms with van der Waals surface area (Å²) >= 11 is 3.38. The molecule has 19 heavy (non-hydrogen) atoms. The highest BCUT2D eigenvalue weighted by atomic mass is 79.9. The van der Waals surface area contributed by atoms with Gasteiger partial charge in [-0.2, -0.15) is 0 Å². The maximum atomic E-state index is 9.74. The lowest BCUT2D eigenvalue weighted by molar-refractivity contribution is 0.474. The van der Waals surface area contributed by atoms with Gasteiger partial charge in [0.2, 0.25) is 0 Å². The van der Waals surface area contributed by atoms with Crippen LogP contribution >= 0.6 is 15.9 Å². The van der Waals surface area contributed by atoms with Gasteiger partial charge in [0.15, 0.2) is 0 Å². The number of hydrogen-bond acceptors (Lipinski definition) is 2. The van der Waals surface area contributed by atoms with Crippen molar-refractivity contribution in [2.24, 2.45) is 4.99 Å². The molecule has 0 amide bonds. The molecule has 2 aromatic rings. The number of phenolic OH excluding ortho intramolecular Hbond substituents is 1. The number of halogens is 1. The van der Waals surface area contributed by atoms with E-state index in [9.17, 15) is 5.11 Å². The number of rotatable bonds is 3. The maximum absolute atomic E-state index is 9.74. The quantitative estimate of drug-likeness (QED) is 0.791. The number of aliphatic imine (C=N–C) groups is 1. The van der Waals surface area contributed by atoms with Crippen LogP contribution in [0.5, 0.6) is 5.75 Å². The van der Waals surface area contributed by atoms with E-state index in [2.05, 4.69) is 46.9 Å². The van der Waals surface area contributed by atoms with Crippen LogP contribution in [0.3, 0.4) is 0 Å². The van der Waals surface area contributed by atoms with E-state index in [0.717, 1.165) is 10.2 Å². The van der Waals surface area contributed by atoms with Crippen molar-refractivity contribution in [2.45, 2.75) is 19.8 Å². The summed E-state index contributed by atoms with van der Waals surface area (Å²) in [5.41, 5.74) is 2.85. The monoisotopic (exact) mass is 317 g/mol. The van der Waals surface area contributed by atoms with Gasteiger partial charge < -0.3 is 5.11 Å². The zero-order chi connectivity index (χ0) is 13.8. The standard InChI is InChI=1S/C16H16BrNO/c1-11(2)12-4-3-5-15(9-12)18-10-13-8-14(17)6-7-16(13)19/h3-11,19H,1-2H3. The number of hydrogen-bond donors (Lipinski definition) is 1. The van der Waals surface area contributed by atoms with Crippen molar-refractivity contribution in [3.8, 4) is 5.75 Å². The predicted octanol–water partition coefficient (Wildman–Crippen LogP) is 5.03. The lowest BCUT2D eigenvalue weighted by Crippen LogP contribution is -1.86. The van der Waals surface area contributed by atoms with Crippen LogP contribution in [0.15, 0.2) is 51.9 Å². The molecule has 0 spiro atoms. The molecule has 0 aliphatic carbocycles. The molecule has 0 bridgehead atoms. The van der Waals surface area contributed by atoms with Crippen molar-refractivity contribution in [3.63, 3.8) is 0 Å². The summed E-state index contributed by atoms with van der Waals surface area (Å²) in [5.74, 6) is 0.710. The minimum Gasteiger partial charge on any atom is -0.507 e. The Bertz CT molecular complexity index is 605. The lowest BCUT2D eigenvalue weighted by atomic mass is 10.0. The van der Waals surface area contributed by atoms with Gasteiger partial charge in [-0.1, -0.05) is 41.9 Å². The average molecular weight is 318 g/mol. The molecule has 3 heteroatoms. The molecular formula is C16H16BrNO. The fourth-order valence-corrected chi connectivity index (χ4v) is 2.12. The fourth-order valence-electron chi connectivity index (χ4n) is 1.74. The Morgan fingerprint density at radius 1 is 1.16 bits per heavy atom. The fraction of sp³-hybridized carbons (Fsp3) is 0.188. The first-order valence-electron chi connectivity index (χ1n) is 6.19. The Morgan fingerprint density at radius 2 is 1.95 bits per heavy atom. The van der Waals surface area contributed by atoms with Gasteiger partial charge in [0.1, 0.15) is 5.75 Å². The van der Waals surface area contributed by atoms with Crippen LogP contribution in [0.25, 0.3) is 0 Å². The van der Waals surface area contributed by atoms with Crippen molar-refractivity contribution in [1.82, 2.24) is 0 Å². The van der Waals surface area contributed by atoms with E-state index in [-0.39, 0.29) is 5.75 Å². The van der Waals surface area contributed by atoms with Crippen LogP contribution in [-0.4, -0.2) is 11.3 Å². The molecule has 0 atom stereocenters. The first-order chi connectivity index (χ1) is 9.06. The molecule has 0 radical (unpaired) electrons. The normalized spacial score (nSPS) is 11.4. The van der Waals surface area contributed by atoms with E-state index in [1.807, 2.05) is 18.2 Å². The number of phenols is 1. The summed E-state index contributed by atoms with van der Waals surface area (Å²) < 4.78 is 0.919. The van der Waals surface area contributed by atoms with E-state index >= 15 is 0 Å². The second kappa shape index (κ2) is 6.02. The Morgan fingerprint density at radius 3 is 2.68 bits per heavy atom. The third-order valence-corrected chi connectivity index (χ3v) is 3.37. The third kappa shape index (κ3) is 3.67. The van der Waals surface area contributed by atoms with Gasteiger partial charge in [-0.25, -0.2) is 0 Å². The van der Waals surface area contributed by atoms with Gasteiger partial charge in [-0.05, 0) is 41.8 Å². The summed E-state index contributed by atoms with van der Waals surface area (Å²) in [4.78, 5) is 4.42. The highest BCUT2D eigenvalue weighted by molar-refractivity contribution is 9.10. The lowest BCUT2D eigenvalue weighted by Gasteiger charge is -2.05. The van der Waals surface area contributed by atoms with Crippen LogP contribution < -0.4 is 0 Å². The van der Waals surface area contributed by atoms with E-state index in [4.69, 9.17) is 0 Å². The summed E-state index contributed by atoms with van der Waals surface area (Å²) in [6.07, 6.45) is 1.68. The highest BCUT2D eigenvalue weighted by Crippen LogP contribution is 2.23. The van der Waals surface area contributed by atoms with Crippen LogP contribution in [-0.2, 0) is 0 Å². The summed E-state index contributed by atoms with van der Waals surface area (Å²) in [7, 11) is 0. The molecule has 98 valence electrons. The maximum Gasteiger partial charge on any atom is 0.124 e. The third-order valence-electron chi connectivity index (χ3n) is 2.88. The molecule has 0 aromatic heterocycles. The van der Waals surface area contributed by atoms with Crippen molar-refractivity contribution >= 4 is 27.8 Å². The van der Waals surface area contributed by atoms with Gasteiger partial charge in [0, 0.05) is 16.3 Å². The first kappa shape index (κ1) is 13.8. The number of aromatic hydroxyl groups is 1. The minimum absolute atomic E-state index is 0.229. The van der Waals surface area contributed by atoms with Crippen molar-refractivity contribution in [1.29, 1.82) is 0 Å². The molecule has 2 aromatic carbocycles. The molecule has 1 N–H and O–H groups in total. The van der Waals surface area contributed by atoms with Gasteiger partial charge in [-0.15, -0.1) is 0 Å². The van der Waals surface area contributed by atoms with Crippen molar-refractivity contribution in [2.75, 3.05) is 0 Å². The van der Waals surface area contributed by atoms with E-state index in [0.29, 0.717) is 11.5 Å². The van der Waals surface area contributed by atoms with Crippen molar-refractivity contribution < 1.29 is 5.11 Å². The van der Waals surface area contributed by atoms with Crippen LogP contribution in [0, 0.1) is 0 Å². The largest absolute Gasteiger partial charge is 0.507 e. The number of benzene rings is 2.